The first-order valence-electron chi connectivity index (χ1n) is 10.1. The third kappa shape index (κ3) is 5.77. The van der Waals surface area contributed by atoms with E-state index in [9.17, 15) is 14.4 Å². The van der Waals surface area contributed by atoms with Crippen LogP contribution in [0.3, 0.4) is 0 Å². The zero-order valence-electron chi connectivity index (χ0n) is 18.1. The Morgan fingerprint density at radius 2 is 1.94 bits per heavy atom. The van der Waals surface area contributed by atoms with Crippen LogP contribution in [0, 0.1) is 0 Å². The van der Waals surface area contributed by atoms with Crippen LogP contribution in [0.5, 0.6) is 5.75 Å². The van der Waals surface area contributed by atoms with Crippen molar-refractivity contribution >= 4 is 67.4 Å². The molecule has 1 aromatic heterocycles. The Labute approximate surface area is 222 Å². The highest BCUT2D eigenvalue weighted by Crippen LogP contribution is 2.29. The summed E-state index contributed by atoms with van der Waals surface area (Å²) in [6.45, 7) is 0.167. The van der Waals surface area contributed by atoms with Crippen LogP contribution < -0.4 is 10.1 Å². The minimum Gasteiger partial charge on any atom is -0.487 e. The first-order valence-corrected chi connectivity index (χ1v) is 12.1. The number of hydrogen-bond acceptors (Lipinski definition) is 6. The number of halogens is 3. The molecule has 4 rings (SSSR count). The van der Waals surface area contributed by atoms with E-state index < -0.39 is 17.9 Å². The Hall–Kier alpha value is -3.08. The molecule has 2 aromatic carbocycles. The van der Waals surface area contributed by atoms with Gasteiger partial charge < -0.3 is 19.2 Å². The molecule has 0 bridgehead atoms. The summed E-state index contributed by atoms with van der Waals surface area (Å²) in [6, 6.07) is 13.1. The van der Waals surface area contributed by atoms with Crippen LogP contribution in [0.15, 0.2) is 67.6 Å². The van der Waals surface area contributed by atoms with Crippen LogP contribution in [-0.4, -0.2) is 29.9 Å². The van der Waals surface area contributed by atoms with Crippen molar-refractivity contribution in [1.29, 1.82) is 0 Å². The largest absolute Gasteiger partial charge is 0.487 e. The average Bonchev–Trinajstić information content (AvgIpc) is 3.39. The molecule has 3 aromatic rings. The molecule has 1 aliphatic rings. The van der Waals surface area contributed by atoms with E-state index in [1.165, 1.54) is 25.3 Å². The van der Waals surface area contributed by atoms with E-state index >= 15 is 0 Å². The molecular formula is C24H17Br2ClN2O6. The lowest BCUT2D eigenvalue weighted by atomic mass is 10.1. The number of carbonyl (C=O) groups is 3. The number of amides is 3. The maximum Gasteiger partial charge on any atom is 0.373 e. The molecule has 0 spiro atoms. The number of nitrogens with one attached hydrogen (secondary N) is 1. The number of imide groups is 1. The monoisotopic (exact) mass is 622 g/mol. The fourth-order valence-electron chi connectivity index (χ4n) is 3.23. The summed E-state index contributed by atoms with van der Waals surface area (Å²) in [5.41, 5.74) is 1.63. The molecule has 11 heteroatoms. The van der Waals surface area contributed by atoms with E-state index in [-0.39, 0.29) is 23.8 Å². The molecule has 0 aliphatic carbocycles. The number of furan rings is 1. The summed E-state index contributed by atoms with van der Waals surface area (Å²) >= 11 is 13.3. The zero-order valence-corrected chi connectivity index (χ0v) is 22.1. The van der Waals surface area contributed by atoms with Gasteiger partial charge in [0, 0.05) is 14.5 Å². The summed E-state index contributed by atoms with van der Waals surface area (Å²) in [4.78, 5) is 37.6. The topological polar surface area (TPSA) is 98.1 Å². The van der Waals surface area contributed by atoms with E-state index in [1.807, 2.05) is 18.2 Å². The van der Waals surface area contributed by atoms with Gasteiger partial charge in [0.15, 0.2) is 0 Å². The summed E-state index contributed by atoms with van der Waals surface area (Å²) in [7, 11) is 1.23. The van der Waals surface area contributed by atoms with Gasteiger partial charge in [0.25, 0.3) is 5.91 Å². The molecule has 35 heavy (non-hydrogen) atoms. The van der Waals surface area contributed by atoms with Gasteiger partial charge in [-0.1, -0.05) is 55.6 Å². The fraction of sp³-hybridized carbons (Fsp3) is 0.125. The lowest BCUT2D eigenvalue weighted by Crippen LogP contribution is -2.30. The van der Waals surface area contributed by atoms with Gasteiger partial charge in [0.2, 0.25) is 5.76 Å². The Morgan fingerprint density at radius 1 is 1.14 bits per heavy atom. The molecule has 180 valence electrons. The molecule has 1 fully saturated rings. The van der Waals surface area contributed by atoms with Crippen LogP contribution in [0.2, 0.25) is 5.02 Å². The summed E-state index contributed by atoms with van der Waals surface area (Å²) in [6.07, 6.45) is 1.52. The van der Waals surface area contributed by atoms with Gasteiger partial charge >= 0.3 is 12.0 Å². The van der Waals surface area contributed by atoms with Gasteiger partial charge in [-0.05, 0) is 48.0 Å². The number of carbonyl (C=O) groups excluding carboxylic acids is 3. The van der Waals surface area contributed by atoms with Gasteiger partial charge in [-0.15, -0.1) is 0 Å². The van der Waals surface area contributed by atoms with Crippen LogP contribution in [0.4, 0.5) is 4.79 Å². The highest BCUT2D eigenvalue weighted by molar-refractivity contribution is 9.11. The van der Waals surface area contributed by atoms with Crippen molar-refractivity contribution in [3.05, 3.63) is 90.8 Å². The molecule has 0 radical (unpaired) electrons. The second-order valence-corrected chi connectivity index (χ2v) is 9.53. The Bertz CT molecular complexity index is 1350. The lowest BCUT2D eigenvalue weighted by Gasteiger charge is -2.10. The van der Waals surface area contributed by atoms with Gasteiger partial charge in [0.1, 0.15) is 23.8 Å². The van der Waals surface area contributed by atoms with E-state index in [0.29, 0.717) is 22.9 Å². The summed E-state index contributed by atoms with van der Waals surface area (Å²) in [5, 5.41) is 2.89. The van der Waals surface area contributed by atoms with Crippen molar-refractivity contribution in [3.8, 4) is 5.75 Å². The van der Waals surface area contributed by atoms with E-state index in [4.69, 9.17) is 20.8 Å². The fourth-order valence-corrected chi connectivity index (χ4v) is 4.63. The maximum absolute atomic E-state index is 12.8. The molecule has 0 atom stereocenters. The number of ether oxygens (including phenoxy) is 2. The number of benzene rings is 2. The second kappa shape index (κ2) is 10.7. The number of esters is 1. The van der Waals surface area contributed by atoms with Crippen molar-refractivity contribution in [2.45, 2.75) is 13.2 Å². The molecule has 1 N–H and O–H groups in total. The predicted octanol–water partition coefficient (Wildman–Crippen LogP) is 5.92. The van der Waals surface area contributed by atoms with Crippen molar-refractivity contribution in [2.24, 2.45) is 0 Å². The number of rotatable bonds is 7. The zero-order chi connectivity index (χ0) is 25.1. The molecule has 0 saturated carbocycles. The first kappa shape index (κ1) is 25.0. The van der Waals surface area contributed by atoms with Gasteiger partial charge in [-0.3, -0.25) is 9.69 Å². The smallest absolute Gasteiger partial charge is 0.373 e. The minimum absolute atomic E-state index is 0.0187. The second-order valence-electron chi connectivity index (χ2n) is 7.35. The average molecular weight is 625 g/mol. The van der Waals surface area contributed by atoms with E-state index in [0.717, 1.165) is 19.4 Å². The van der Waals surface area contributed by atoms with Gasteiger partial charge in [-0.2, -0.15) is 0 Å². The molecule has 2 heterocycles. The number of hydrogen-bond donors (Lipinski definition) is 1. The number of urea groups is 1. The van der Waals surface area contributed by atoms with Crippen LogP contribution in [0.1, 0.15) is 27.4 Å². The van der Waals surface area contributed by atoms with Crippen molar-refractivity contribution in [2.75, 3.05) is 7.11 Å². The molecule has 0 unspecified atom stereocenters. The van der Waals surface area contributed by atoms with Crippen molar-refractivity contribution in [1.82, 2.24) is 10.2 Å². The first-order chi connectivity index (χ1) is 16.7. The van der Waals surface area contributed by atoms with Crippen molar-refractivity contribution < 1.29 is 28.3 Å². The quantitative estimate of drug-likeness (QED) is 0.199. The molecule has 3 amide bonds. The van der Waals surface area contributed by atoms with Crippen LogP contribution >= 0.6 is 43.5 Å². The highest BCUT2D eigenvalue weighted by atomic mass is 79.9. The molecule has 8 nitrogen and oxygen atoms in total. The predicted molar refractivity (Wildman–Crippen MR) is 135 cm³/mol. The van der Waals surface area contributed by atoms with Crippen LogP contribution in [0.25, 0.3) is 6.08 Å². The third-order valence-electron chi connectivity index (χ3n) is 4.99. The van der Waals surface area contributed by atoms with Gasteiger partial charge in [-0.25, -0.2) is 9.59 Å². The molecule has 1 saturated heterocycles. The van der Waals surface area contributed by atoms with Crippen LogP contribution in [-0.2, 0) is 22.7 Å². The van der Waals surface area contributed by atoms with Crippen molar-refractivity contribution in [3.63, 3.8) is 0 Å². The Morgan fingerprint density at radius 3 is 2.66 bits per heavy atom. The molecular weight excluding hydrogens is 608 g/mol. The van der Waals surface area contributed by atoms with E-state index in [1.54, 1.807) is 18.2 Å². The standard InChI is InChI=1S/C24H17Br2ClN2O6/c1-33-23(31)21-7-5-16(35-21)11-29-22(30)19(28-24(29)32)9-13-2-6-20(18(27)8-13)34-12-14-3-4-15(25)10-17(14)26/h2-10H,11-12H2,1H3,(H,28,32)/b19-9-. The third-order valence-corrected chi connectivity index (χ3v) is 6.52. The lowest BCUT2D eigenvalue weighted by molar-refractivity contribution is -0.123. The number of methoxy groups -OCH3 is 1. The summed E-state index contributed by atoms with van der Waals surface area (Å²) in [5.74, 6) is -0.469. The summed E-state index contributed by atoms with van der Waals surface area (Å²) < 4.78 is 17.6. The van der Waals surface area contributed by atoms with Gasteiger partial charge in [0.05, 0.1) is 18.7 Å². The Kier molecular flexibility index (Phi) is 7.63. The highest BCUT2D eigenvalue weighted by Gasteiger charge is 2.34. The number of nitrogens with zero attached hydrogens (tertiary/aromatic N) is 1. The molecule has 1 aliphatic heterocycles. The van der Waals surface area contributed by atoms with E-state index in [2.05, 4.69) is 41.9 Å². The maximum atomic E-state index is 12.8. The normalized spacial score (nSPS) is 14.4. The Balaban J connectivity index is 1.44. The SMILES string of the molecule is COC(=O)c1ccc(CN2C(=O)N/C(=C\c3ccc(OCc4ccc(Br)cc4Br)c(Cl)c3)C2=O)o1. The minimum atomic E-state index is -0.650.